The van der Waals surface area contributed by atoms with Crippen LogP contribution in [-0.4, -0.2) is 18.9 Å². The van der Waals surface area contributed by atoms with Gasteiger partial charge >= 0.3 is 11.8 Å². The van der Waals surface area contributed by atoms with Crippen LogP contribution in [0.4, 0.5) is 15.8 Å². The minimum Gasteiger partial charge on any atom is -0.497 e. The monoisotopic (exact) mass is 322 g/mol. The second kappa shape index (κ2) is 6.91. The minimum absolute atomic E-state index is 0.145. The number of hydrogen-bond donors (Lipinski definition) is 2. The summed E-state index contributed by atoms with van der Waals surface area (Å²) in [6.07, 6.45) is 0. The van der Waals surface area contributed by atoms with Gasteiger partial charge in [-0.1, -0.05) is 11.6 Å². The van der Waals surface area contributed by atoms with Crippen LogP contribution < -0.4 is 15.4 Å². The lowest BCUT2D eigenvalue weighted by molar-refractivity contribution is -0.132. The van der Waals surface area contributed by atoms with Crippen LogP contribution in [0.2, 0.25) is 5.02 Å². The lowest BCUT2D eigenvalue weighted by Crippen LogP contribution is -2.29. The predicted octanol–water partition coefficient (Wildman–Crippen LogP) is 3.06. The van der Waals surface area contributed by atoms with Crippen molar-refractivity contribution in [3.05, 3.63) is 53.3 Å². The molecule has 0 aliphatic rings. The summed E-state index contributed by atoms with van der Waals surface area (Å²) < 4.78 is 18.0. The molecule has 0 bridgehead atoms. The van der Waals surface area contributed by atoms with Crippen LogP contribution in [0.15, 0.2) is 42.5 Å². The van der Waals surface area contributed by atoms with Crippen LogP contribution in [0.3, 0.4) is 0 Å². The fourth-order valence-electron chi connectivity index (χ4n) is 1.62. The lowest BCUT2D eigenvalue weighted by atomic mass is 10.3. The molecule has 2 rings (SSSR count). The van der Waals surface area contributed by atoms with Gasteiger partial charge in [0, 0.05) is 11.4 Å². The molecule has 5 nitrogen and oxygen atoms in total. The van der Waals surface area contributed by atoms with Gasteiger partial charge < -0.3 is 15.4 Å². The topological polar surface area (TPSA) is 67.4 Å². The summed E-state index contributed by atoms with van der Waals surface area (Å²) in [5.41, 5.74) is 0.666. The van der Waals surface area contributed by atoms with Gasteiger partial charge in [-0.15, -0.1) is 0 Å². The Morgan fingerprint density at radius 1 is 1.00 bits per heavy atom. The van der Waals surface area contributed by atoms with Gasteiger partial charge in [0.1, 0.15) is 11.6 Å². The van der Waals surface area contributed by atoms with Crippen molar-refractivity contribution < 1.29 is 18.7 Å². The molecule has 0 unspecified atom stereocenters. The van der Waals surface area contributed by atoms with Gasteiger partial charge in [0.15, 0.2) is 0 Å². The highest BCUT2D eigenvalue weighted by Gasteiger charge is 2.14. The second-order valence-electron chi connectivity index (χ2n) is 4.27. The van der Waals surface area contributed by atoms with Crippen molar-refractivity contribution in [3.8, 4) is 5.75 Å². The number of rotatable bonds is 3. The largest absolute Gasteiger partial charge is 0.497 e. The molecule has 0 saturated heterocycles. The fraction of sp³-hybridized carbons (Fsp3) is 0.0667. The molecule has 2 aromatic carbocycles. The normalized spacial score (nSPS) is 9.95. The molecule has 2 amide bonds. The number of halogens is 2. The molecule has 0 atom stereocenters. The first-order valence-corrected chi connectivity index (χ1v) is 6.59. The van der Waals surface area contributed by atoms with Crippen molar-refractivity contribution in [1.82, 2.24) is 0 Å². The van der Waals surface area contributed by atoms with Gasteiger partial charge in [0.2, 0.25) is 0 Å². The Bertz CT molecular complexity index is 704. The number of carbonyl (C=O) groups excluding carboxylic acids is 2. The molecule has 2 N–H and O–H groups in total. The Kier molecular flexibility index (Phi) is 4.95. The first kappa shape index (κ1) is 15.8. The zero-order chi connectivity index (χ0) is 16.1. The third-order valence-electron chi connectivity index (χ3n) is 2.73. The molecule has 0 spiro atoms. The van der Waals surface area contributed by atoms with Crippen LogP contribution >= 0.6 is 11.6 Å². The third-order valence-corrected chi connectivity index (χ3v) is 3.02. The lowest BCUT2D eigenvalue weighted by Gasteiger charge is -2.07. The van der Waals surface area contributed by atoms with E-state index >= 15 is 0 Å². The molecule has 0 aromatic heterocycles. The van der Waals surface area contributed by atoms with Gasteiger partial charge in [0.05, 0.1) is 12.1 Å². The van der Waals surface area contributed by atoms with Crippen molar-refractivity contribution in [1.29, 1.82) is 0 Å². The quantitative estimate of drug-likeness (QED) is 0.853. The maximum Gasteiger partial charge on any atom is 0.314 e. The molecule has 0 aliphatic heterocycles. The van der Waals surface area contributed by atoms with E-state index in [2.05, 4.69) is 10.6 Å². The zero-order valence-electron chi connectivity index (χ0n) is 11.5. The maximum atomic E-state index is 13.0. The average molecular weight is 323 g/mol. The standard InChI is InChI=1S/C15H12ClFN2O3/c1-22-11-5-2-9(3-6-11)18-14(20)15(21)19-10-4-7-13(17)12(16)8-10/h2-8H,1H3,(H,18,20)(H,19,21). The number of ether oxygens (including phenoxy) is 1. The van der Waals surface area contributed by atoms with Crippen LogP contribution in [0.1, 0.15) is 0 Å². The smallest absolute Gasteiger partial charge is 0.314 e. The molecule has 0 radical (unpaired) electrons. The van der Waals surface area contributed by atoms with Crippen LogP contribution in [-0.2, 0) is 9.59 Å². The van der Waals surface area contributed by atoms with E-state index in [4.69, 9.17) is 16.3 Å². The predicted molar refractivity (Wildman–Crippen MR) is 81.7 cm³/mol. The SMILES string of the molecule is COc1ccc(NC(=O)C(=O)Nc2ccc(F)c(Cl)c2)cc1. The van der Waals surface area contributed by atoms with Crippen LogP contribution in [0, 0.1) is 5.82 Å². The van der Waals surface area contributed by atoms with Gasteiger partial charge in [-0.25, -0.2) is 4.39 Å². The first-order chi connectivity index (χ1) is 10.5. The summed E-state index contributed by atoms with van der Waals surface area (Å²) in [5.74, 6) is -1.73. The Hall–Kier alpha value is -2.60. The van der Waals surface area contributed by atoms with Crippen molar-refractivity contribution in [2.24, 2.45) is 0 Å². The number of nitrogens with one attached hydrogen (secondary N) is 2. The highest BCUT2D eigenvalue weighted by Crippen LogP contribution is 2.19. The summed E-state index contributed by atoms with van der Waals surface area (Å²) in [4.78, 5) is 23.5. The van der Waals surface area contributed by atoms with Crippen molar-refractivity contribution in [2.45, 2.75) is 0 Å². The summed E-state index contributed by atoms with van der Waals surface area (Å²) in [6.45, 7) is 0. The Morgan fingerprint density at radius 3 is 2.09 bits per heavy atom. The molecule has 114 valence electrons. The van der Waals surface area contributed by atoms with Gasteiger partial charge in [-0.3, -0.25) is 9.59 Å². The van der Waals surface area contributed by atoms with E-state index in [1.54, 1.807) is 24.3 Å². The van der Waals surface area contributed by atoms with Gasteiger partial charge in [-0.05, 0) is 42.5 Å². The minimum atomic E-state index is -0.890. The summed E-state index contributed by atoms with van der Waals surface area (Å²) in [5, 5.41) is 4.61. The van der Waals surface area contributed by atoms with Crippen molar-refractivity contribution in [2.75, 3.05) is 17.7 Å². The Balaban J connectivity index is 1.99. The van der Waals surface area contributed by atoms with E-state index in [-0.39, 0.29) is 10.7 Å². The number of amides is 2. The third kappa shape index (κ3) is 3.95. The number of anilines is 2. The van der Waals surface area contributed by atoms with Crippen LogP contribution in [0.5, 0.6) is 5.75 Å². The molecule has 0 aliphatic carbocycles. The summed E-state index contributed by atoms with van der Waals surface area (Å²) in [7, 11) is 1.52. The van der Waals surface area contributed by atoms with Gasteiger partial charge in [-0.2, -0.15) is 0 Å². The van der Waals surface area contributed by atoms with Gasteiger partial charge in [0.25, 0.3) is 0 Å². The summed E-state index contributed by atoms with van der Waals surface area (Å²) in [6, 6.07) is 10.1. The highest BCUT2D eigenvalue weighted by atomic mass is 35.5. The van der Waals surface area contributed by atoms with Crippen LogP contribution in [0.25, 0.3) is 0 Å². The molecule has 0 heterocycles. The molecule has 22 heavy (non-hydrogen) atoms. The number of methoxy groups -OCH3 is 1. The molecular formula is C15H12ClFN2O3. The van der Waals surface area contributed by atoms with E-state index < -0.39 is 17.6 Å². The fourth-order valence-corrected chi connectivity index (χ4v) is 1.80. The molecule has 0 fully saturated rings. The Labute approximate surface area is 131 Å². The van der Waals surface area contributed by atoms with E-state index in [1.165, 1.54) is 19.2 Å². The van der Waals surface area contributed by atoms with E-state index in [9.17, 15) is 14.0 Å². The molecule has 0 saturated carbocycles. The second-order valence-corrected chi connectivity index (χ2v) is 4.67. The van der Waals surface area contributed by atoms with E-state index in [0.29, 0.717) is 11.4 Å². The van der Waals surface area contributed by atoms with Crippen molar-refractivity contribution in [3.63, 3.8) is 0 Å². The molecular weight excluding hydrogens is 311 g/mol. The molecule has 2 aromatic rings. The number of carbonyl (C=O) groups is 2. The first-order valence-electron chi connectivity index (χ1n) is 6.21. The zero-order valence-corrected chi connectivity index (χ0v) is 12.3. The number of hydrogen-bond acceptors (Lipinski definition) is 3. The average Bonchev–Trinajstić information content (AvgIpc) is 2.51. The highest BCUT2D eigenvalue weighted by molar-refractivity contribution is 6.43. The maximum absolute atomic E-state index is 13.0. The van der Waals surface area contributed by atoms with Crippen molar-refractivity contribution >= 4 is 34.8 Å². The molecule has 7 heteroatoms. The van der Waals surface area contributed by atoms with E-state index in [0.717, 1.165) is 6.07 Å². The summed E-state index contributed by atoms with van der Waals surface area (Å²) >= 11 is 5.60. The number of benzene rings is 2. The Morgan fingerprint density at radius 2 is 1.55 bits per heavy atom. The van der Waals surface area contributed by atoms with E-state index in [1.807, 2.05) is 0 Å².